The lowest BCUT2D eigenvalue weighted by atomic mass is 9.47. The van der Waals surface area contributed by atoms with Gasteiger partial charge in [0.15, 0.2) is 0 Å². The van der Waals surface area contributed by atoms with Gasteiger partial charge in [-0.15, -0.1) is 0 Å². The van der Waals surface area contributed by atoms with Crippen LogP contribution in [0.4, 0.5) is 0 Å². The molecule has 36 heavy (non-hydrogen) atoms. The van der Waals surface area contributed by atoms with Gasteiger partial charge in [0.2, 0.25) is 0 Å². The number of hydrogen-bond donors (Lipinski definition) is 1. The topological polar surface area (TPSA) is 46.5 Å². The summed E-state index contributed by atoms with van der Waals surface area (Å²) >= 11 is 0. The van der Waals surface area contributed by atoms with Crippen molar-refractivity contribution in [2.75, 3.05) is 0 Å². The van der Waals surface area contributed by atoms with Crippen LogP contribution in [0.5, 0.6) is 0 Å². The van der Waals surface area contributed by atoms with Crippen molar-refractivity contribution in [2.24, 2.45) is 40.4 Å². The Morgan fingerprint density at radius 2 is 1.83 bits per heavy atom. The minimum Gasteiger partial charge on any atom is -0.458 e. The molecule has 0 bridgehead atoms. The SMILES string of the molecule is C[C@H](CCC(C)(C)O)[C@H]1CC[C@H]2C3CC=C4C[C@@H](OC(=O)c5ccccc5)CC[C@]4(C)[C@H]3CC[C@]12C. The van der Waals surface area contributed by atoms with E-state index in [1.54, 1.807) is 5.57 Å². The lowest BCUT2D eigenvalue weighted by Crippen LogP contribution is -2.51. The normalized spacial score (nSPS) is 38.8. The van der Waals surface area contributed by atoms with Crippen LogP contribution in [-0.2, 0) is 4.74 Å². The number of esters is 1. The van der Waals surface area contributed by atoms with Gasteiger partial charge in [0.1, 0.15) is 6.10 Å². The van der Waals surface area contributed by atoms with E-state index in [2.05, 4.69) is 26.8 Å². The molecule has 3 fully saturated rings. The highest BCUT2D eigenvalue weighted by molar-refractivity contribution is 5.89. The molecule has 3 heteroatoms. The van der Waals surface area contributed by atoms with Crippen LogP contribution in [-0.4, -0.2) is 22.8 Å². The summed E-state index contributed by atoms with van der Waals surface area (Å²) in [6, 6.07) is 9.43. The number of hydrogen-bond acceptors (Lipinski definition) is 3. The molecule has 0 radical (unpaired) electrons. The first-order valence-electron chi connectivity index (χ1n) is 14.7. The van der Waals surface area contributed by atoms with Gasteiger partial charge in [-0.2, -0.15) is 0 Å². The number of carbonyl (C=O) groups is 1. The third kappa shape index (κ3) is 4.70. The van der Waals surface area contributed by atoms with E-state index in [0.717, 1.165) is 55.8 Å². The van der Waals surface area contributed by atoms with Gasteiger partial charge in [-0.3, -0.25) is 0 Å². The van der Waals surface area contributed by atoms with Gasteiger partial charge in [0, 0.05) is 6.42 Å². The van der Waals surface area contributed by atoms with Gasteiger partial charge in [-0.1, -0.05) is 50.6 Å². The van der Waals surface area contributed by atoms with Crippen molar-refractivity contribution < 1.29 is 14.6 Å². The zero-order chi connectivity index (χ0) is 25.7. The van der Waals surface area contributed by atoms with Crippen LogP contribution >= 0.6 is 0 Å². The molecule has 0 heterocycles. The predicted octanol–water partition coefficient (Wildman–Crippen LogP) is 7.98. The van der Waals surface area contributed by atoms with Crippen molar-refractivity contribution in [3.05, 3.63) is 47.5 Å². The minimum atomic E-state index is -0.557. The number of benzene rings is 1. The molecule has 4 aliphatic carbocycles. The maximum atomic E-state index is 12.7. The Morgan fingerprint density at radius 1 is 1.08 bits per heavy atom. The van der Waals surface area contributed by atoms with Crippen LogP contribution in [0.25, 0.3) is 0 Å². The van der Waals surface area contributed by atoms with Gasteiger partial charge < -0.3 is 9.84 Å². The summed E-state index contributed by atoms with van der Waals surface area (Å²) in [7, 11) is 0. The van der Waals surface area contributed by atoms with Gasteiger partial charge in [0.25, 0.3) is 0 Å². The maximum absolute atomic E-state index is 12.7. The largest absolute Gasteiger partial charge is 0.458 e. The van der Waals surface area contributed by atoms with Crippen LogP contribution in [0, 0.1) is 40.4 Å². The molecule has 198 valence electrons. The van der Waals surface area contributed by atoms with Crippen molar-refractivity contribution in [3.8, 4) is 0 Å². The quantitative estimate of drug-likeness (QED) is 0.323. The van der Waals surface area contributed by atoms with Gasteiger partial charge in [0.05, 0.1) is 11.2 Å². The third-order valence-corrected chi connectivity index (χ3v) is 11.3. The predicted molar refractivity (Wildman–Crippen MR) is 146 cm³/mol. The van der Waals surface area contributed by atoms with Crippen molar-refractivity contribution in [2.45, 2.75) is 111 Å². The zero-order valence-electron chi connectivity index (χ0n) is 23.3. The van der Waals surface area contributed by atoms with E-state index in [4.69, 9.17) is 4.74 Å². The summed E-state index contributed by atoms with van der Waals surface area (Å²) in [4.78, 5) is 12.7. The highest BCUT2D eigenvalue weighted by Crippen LogP contribution is 2.67. The minimum absolute atomic E-state index is 0.00919. The van der Waals surface area contributed by atoms with Crippen LogP contribution in [0.3, 0.4) is 0 Å². The van der Waals surface area contributed by atoms with E-state index >= 15 is 0 Å². The van der Waals surface area contributed by atoms with E-state index in [9.17, 15) is 9.90 Å². The van der Waals surface area contributed by atoms with Gasteiger partial charge in [-0.05, 0) is 124 Å². The Labute approximate surface area is 219 Å². The van der Waals surface area contributed by atoms with Crippen LogP contribution in [0.1, 0.15) is 109 Å². The Balaban J connectivity index is 1.27. The van der Waals surface area contributed by atoms with Crippen molar-refractivity contribution in [1.82, 2.24) is 0 Å². The van der Waals surface area contributed by atoms with E-state index in [0.29, 0.717) is 16.9 Å². The average Bonchev–Trinajstić information content (AvgIpc) is 3.20. The van der Waals surface area contributed by atoms with Gasteiger partial charge in [-0.25, -0.2) is 4.79 Å². The molecule has 1 unspecified atom stereocenters. The third-order valence-electron chi connectivity index (χ3n) is 11.3. The highest BCUT2D eigenvalue weighted by Gasteiger charge is 2.59. The molecule has 4 aliphatic rings. The van der Waals surface area contributed by atoms with E-state index < -0.39 is 5.60 Å². The molecule has 0 saturated heterocycles. The number of carbonyl (C=O) groups excluding carboxylic acids is 1. The zero-order valence-corrected chi connectivity index (χ0v) is 23.3. The Hall–Kier alpha value is -1.61. The molecule has 5 rings (SSSR count). The molecule has 8 atom stereocenters. The monoisotopic (exact) mass is 492 g/mol. The first-order valence-corrected chi connectivity index (χ1v) is 14.7. The van der Waals surface area contributed by atoms with Gasteiger partial charge >= 0.3 is 5.97 Å². The molecule has 3 nitrogen and oxygen atoms in total. The Morgan fingerprint density at radius 3 is 2.56 bits per heavy atom. The summed E-state index contributed by atoms with van der Waals surface area (Å²) < 4.78 is 5.98. The average molecular weight is 493 g/mol. The van der Waals surface area contributed by atoms with Crippen molar-refractivity contribution in [1.29, 1.82) is 0 Å². The van der Waals surface area contributed by atoms with Crippen molar-refractivity contribution >= 4 is 5.97 Å². The van der Waals surface area contributed by atoms with E-state index in [1.807, 2.05) is 44.2 Å². The fourth-order valence-electron chi connectivity index (χ4n) is 9.28. The summed E-state index contributed by atoms with van der Waals surface area (Å²) in [5, 5.41) is 10.3. The molecule has 0 spiro atoms. The molecule has 1 aromatic carbocycles. The second-order valence-corrected chi connectivity index (χ2v) is 14.0. The second-order valence-electron chi connectivity index (χ2n) is 14.0. The standard InChI is InChI=1S/C33H48O3/c1-22(15-18-31(2,3)35)27-13-14-28-26-12-11-24-21-25(36-30(34)23-9-7-6-8-10-23)16-19-32(24,4)29(26)17-20-33(27,28)5/h6-11,22,25-29,35H,12-21H2,1-5H3/t22-,25+,26?,27-,28+,29+,32+,33-/m1/s1. The number of allylic oxidation sites excluding steroid dienone is 1. The number of ether oxygens (including phenoxy) is 1. The summed E-state index contributed by atoms with van der Waals surface area (Å²) in [6.45, 7) is 11.5. The number of fused-ring (bicyclic) bond motifs is 5. The van der Waals surface area contributed by atoms with Crippen LogP contribution in [0.15, 0.2) is 42.0 Å². The van der Waals surface area contributed by atoms with Crippen LogP contribution in [0.2, 0.25) is 0 Å². The molecule has 0 amide bonds. The molecular weight excluding hydrogens is 444 g/mol. The lowest BCUT2D eigenvalue weighted by molar-refractivity contribution is -0.0605. The summed E-state index contributed by atoms with van der Waals surface area (Å²) in [5.74, 6) is 3.69. The molecular formula is C33H48O3. The molecule has 1 aromatic rings. The number of aliphatic hydroxyl groups is 1. The summed E-state index contributed by atoms with van der Waals surface area (Å²) in [6.07, 6.45) is 14.3. The smallest absolute Gasteiger partial charge is 0.338 e. The lowest BCUT2D eigenvalue weighted by Gasteiger charge is -2.58. The fraction of sp³-hybridized carbons (Fsp3) is 0.727. The maximum Gasteiger partial charge on any atom is 0.338 e. The highest BCUT2D eigenvalue weighted by atomic mass is 16.5. The fourth-order valence-corrected chi connectivity index (χ4v) is 9.28. The Bertz CT molecular complexity index is 974. The summed E-state index contributed by atoms with van der Waals surface area (Å²) in [5.41, 5.74) is 2.38. The first-order chi connectivity index (χ1) is 17.0. The first kappa shape index (κ1) is 26.0. The second kappa shape index (κ2) is 9.61. The Kier molecular flexibility index (Phi) is 6.94. The molecule has 0 aliphatic heterocycles. The molecule has 1 N–H and O–H groups in total. The number of rotatable bonds is 6. The van der Waals surface area contributed by atoms with E-state index in [-0.39, 0.29) is 17.5 Å². The molecule has 3 saturated carbocycles. The van der Waals surface area contributed by atoms with E-state index in [1.165, 1.54) is 32.1 Å². The van der Waals surface area contributed by atoms with Crippen molar-refractivity contribution in [3.63, 3.8) is 0 Å². The van der Waals surface area contributed by atoms with Crippen LogP contribution < -0.4 is 0 Å². The molecule has 0 aromatic heterocycles.